The van der Waals surface area contributed by atoms with Gasteiger partial charge < -0.3 is 20.0 Å². The van der Waals surface area contributed by atoms with E-state index in [1.54, 1.807) is 6.20 Å². The van der Waals surface area contributed by atoms with E-state index in [0.717, 1.165) is 5.69 Å². The molecule has 6 nitrogen and oxygen atoms in total. The Balaban J connectivity index is 0.00000225. The van der Waals surface area contributed by atoms with E-state index in [9.17, 15) is 4.79 Å². The quantitative estimate of drug-likeness (QED) is 0.524. The minimum absolute atomic E-state index is 0. The summed E-state index contributed by atoms with van der Waals surface area (Å²) < 4.78 is 0.365. The number of aromatic nitrogens is 2. The molecule has 0 aliphatic heterocycles. The lowest BCUT2D eigenvalue weighted by molar-refractivity contribution is -0.887. The number of hydrogen-bond acceptors (Lipinski definition) is 4. The van der Waals surface area contributed by atoms with Crippen LogP contribution in [0.15, 0.2) is 11.4 Å². The van der Waals surface area contributed by atoms with Crippen molar-refractivity contribution in [3.63, 3.8) is 0 Å². The maximum Gasteiger partial charge on any atom is 0.362 e. The number of carboxylic acids is 1. The fourth-order valence-electron chi connectivity index (χ4n) is 1.34. The first-order valence-corrected chi connectivity index (χ1v) is 5.02. The van der Waals surface area contributed by atoms with Gasteiger partial charge in [0.2, 0.25) is 0 Å². The predicted molar refractivity (Wildman–Crippen MR) is 60.9 cm³/mol. The van der Waals surface area contributed by atoms with E-state index in [-0.39, 0.29) is 5.48 Å². The molecule has 7 heteroatoms. The van der Waals surface area contributed by atoms with Crippen LogP contribution in [0.1, 0.15) is 5.69 Å². The van der Waals surface area contributed by atoms with E-state index >= 15 is 0 Å². The Morgan fingerprint density at radius 2 is 2.19 bits per heavy atom. The third-order valence-electron chi connectivity index (χ3n) is 2.24. The summed E-state index contributed by atoms with van der Waals surface area (Å²) in [5.74, 6) is -0.814. The number of nitrogens with zero attached hydrogens (tertiary/aromatic N) is 2. The summed E-state index contributed by atoms with van der Waals surface area (Å²) in [6.45, 7) is 0. The molecule has 1 rings (SSSR count). The molecule has 1 heterocycles. The molecule has 3 N–H and O–H groups in total. The Kier molecular flexibility index (Phi) is 4.98. The number of quaternary nitrogens is 1. The highest BCUT2D eigenvalue weighted by molar-refractivity contribution is 7.80. The van der Waals surface area contributed by atoms with Gasteiger partial charge in [-0.3, -0.25) is 0 Å². The molecule has 1 atom stereocenters. The number of imidazole rings is 1. The van der Waals surface area contributed by atoms with E-state index in [1.807, 2.05) is 21.1 Å². The van der Waals surface area contributed by atoms with Crippen LogP contribution in [0.2, 0.25) is 0 Å². The number of rotatable bonds is 4. The first-order valence-electron chi connectivity index (χ1n) is 4.58. The number of hydrogen-bond donors (Lipinski definition) is 3. The summed E-state index contributed by atoms with van der Waals surface area (Å²) >= 11 is 4.03. The Morgan fingerprint density at radius 3 is 2.50 bits per heavy atom. The van der Waals surface area contributed by atoms with Crippen LogP contribution in [0.5, 0.6) is 0 Å². The van der Waals surface area contributed by atoms with Crippen molar-refractivity contribution in [1.29, 1.82) is 0 Å². The topological polar surface area (TPSA) is 96.0 Å². The number of nitrogens with one attached hydrogen (secondary N) is 1. The maximum absolute atomic E-state index is 11.1. The molecule has 0 aromatic carbocycles. The molecule has 1 aromatic rings. The number of thiol groups is 1. The zero-order chi connectivity index (χ0) is 11.6. The van der Waals surface area contributed by atoms with Gasteiger partial charge >= 0.3 is 5.97 Å². The summed E-state index contributed by atoms with van der Waals surface area (Å²) in [5.41, 5.74) is 0.723. The van der Waals surface area contributed by atoms with E-state index in [0.29, 0.717) is 16.1 Å². The highest BCUT2D eigenvalue weighted by Crippen LogP contribution is 2.11. The zero-order valence-corrected chi connectivity index (χ0v) is 10.4. The van der Waals surface area contributed by atoms with Crippen molar-refractivity contribution in [3.8, 4) is 0 Å². The van der Waals surface area contributed by atoms with E-state index in [1.165, 1.54) is 0 Å². The largest absolute Gasteiger partial charge is 0.870 e. The fourth-order valence-corrected chi connectivity index (χ4v) is 1.54. The Bertz CT molecular complexity index is 359. The summed E-state index contributed by atoms with van der Waals surface area (Å²) in [5, 5.41) is 9.61. The lowest BCUT2D eigenvalue weighted by Crippen LogP contribution is -2.51. The van der Waals surface area contributed by atoms with Crippen molar-refractivity contribution in [2.45, 2.75) is 17.6 Å². The van der Waals surface area contributed by atoms with Crippen LogP contribution in [0, 0.1) is 0 Å². The van der Waals surface area contributed by atoms with Crippen LogP contribution in [0.4, 0.5) is 0 Å². The molecule has 0 amide bonds. The number of aliphatic carboxylic acids is 1. The maximum atomic E-state index is 11.1. The molecule has 0 aliphatic rings. The molecule has 0 radical (unpaired) electrons. The minimum atomic E-state index is -0.814. The van der Waals surface area contributed by atoms with E-state index in [2.05, 4.69) is 22.6 Å². The summed E-state index contributed by atoms with van der Waals surface area (Å²) in [7, 11) is 5.56. The normalized spacial score (nSPS) is 13.0. The van der Waals surface area contributed by atoms with Gasteiger partial charge in [0.05, 0.1) is 33.3 Å². The lowest BCUT2D eigenvalue weighted by atomic mass is 10.1. The van der Waals surface area contributed by atoms with Crippen LogP contribution in [0.25, 0.3) is 0 Å². The molecule has 0 aliphatic carbocycles. The molecular formula is C9H17N3O3S. The Labute approximate surface area is 99.6 Å². The van der Waals surface area contributed by atoms with Gasteiger partial charge in [0.15, 0.2) is 11.2 Å². The third-order valence-corrected chi connectivity index (χ3v) is 2.47. The van der Waals surface area contributed by atoms with Crippen LogP contribution >= 0.6 is 12.6 Å². The Hall–Kier alpha value is -1.05. The molecule has 0 spiro atoms. The second kappa shape index (κ2) is 5.33. The molecule has 0 saturated carbocycles. The van der Waals surface area contributed by atoms with Crippen molar-refractivity contribution >= 4 is 18.6 Å². The van der Waals surface area contributed by atoms with Crippen molar-refractivity contribution in [3.05, 3.63) is 11.9 Å². The van der Waals surface area contributed by atoms with Gasteiger partial charge in [0.1, 0.15) is 0 Å². The zero-order valence-electron chi connectivity index (χ0n) is 9.51. The number of carboxylic acid groups (broad SMARTS) is 1. The van der Waals surface area contributed by atoms with Crippen LogP contribution < -0.4 is 0 Å². The molecule has 1 unspecified atom stereocenters. The first kappa shape index (κ1) is 14.9. The van der Waals surface area contributed by atoms with Crippen LogP contribution in [-0.4, -0.2) is 58.2 Å². The standard InChI is InChI=1S/C9H15N3O2S.H2O/c1-12(2,3)7(8(13)14)4-6-5-10-9(15)11-6;/h5,7H,4H2,1-3H3,(H2-,10,11,13,14,15);1H2. The van der Waals surface area contributed by atoms with Crippen molar-refractivity contribution < 1.29 is 19.9 Å². The van der Waals surface area contributed by atoms with Gasteiger partial charge in [-0.2, -0.15) is 0 Å². The van der Waals surface area contributed by atoms with E-state index in [4.69, 9.17) is 5.11 Å². The first-order chi connectivity index (χ1) is 6.80. The smallest absolute Gasteiger partial charge is 0.362 e. The molecule has 16 heavy (non-hydrogen) atoms. The minimum Gasteiger partial charge on any atom is -0.870 e. The summed E-state index contributed by atoms with van der Waals surface area (Å²) in [6, 6.07) is -0.499. The summed E-state index contributed by atoms with van der Waals surface area (Å²) in [4.78, 5) is 18.0. The van der Waals surface area contributed by atoms with Gasteiger partial charge in [-0.1, -0.05) is 0 Å². The summed E-state index contributed by atoms with van der Waals surface area (Å²) in [6.07, 6.45) is 2.09. The fraction of sp³-hybridized carbons (Fsp3) is 0.556. The highest BCUT2D eigenvalue weighted by atomic mass is 32.1. The van der Waals surface area contributed by atoms with Gasteiger partial charge in [-0.15, -0.1) is 12.6 Å². The lowest BCUT2D eigenvalue weighted by Gasteiger charge is -2.30. The van der Waals surface area contributed by atoms with Crippen LogP contribution in [0.3, 0.4) is 0 Å². The van der Waals surface area contributed by atoms with Gasteiger partial charge in [-0.25, -0.2) is 9.78 Å². The monoisotopic (exact) mass is 247 g/mol. The number of likely N-dealkylation sites (N-methyl/N-ethyl adjacent to an activating group) is 1. The second-order valence-electron chi connectivity index (χ2n) is 4.39. The number of H-pyrrole nitrogens is 1. The van der Waals surface area contributed by atoms with E-state index < -0.39 is 12.0 Å². The van der Waals surface area contributed by atoms with Gasteiger partial charge in [0.25, 0.3) is 0 Å². The van der Waals surface area contributed by atoms with Crippen molar-refractivity contribution in [1.82, 2.24) is 9.97 Å². The number of aromatic amines is 1. The Morgan fingerprint density at radius 1 is 1.62 bits per heavy atom. The molecule has 0 saturated heterocycles. The van der Waals surface area contributed by atoms with Gasteiger partial charge in [-0.05, 0) is 0 Å². The van der Waals surface area contributed by atoms with Crippen molar-refractivity contribution in [2.24, 2.45) is 0 Å². The van der Waals surface area contributed by atoms with Crippen LogP contribution in [-0.2, 0) is 11.2 Å². The molecule has 0 bridgehead atoms. The molecule has 1 aromatic heterocycles. The average Bonchev–Trinajstić information content (AvgIpc) is 2.44. The highest BCUT2D eigenvalue weighted by Gasteiger charge is 2.32. The van der Waals surface area contributed by atoms with Crippen molar-refractivity contribution in [2.75, 3.05) is 21.1 Å². The third kappa shape index (κ3) is 3.84. The SMILES string of the molecule is C[N+](C)(C)C(Cc1c[nH]c(S)n1)C(=O)O.[OH-]. The predicted octanol–water partition coefficient (Wildman–Crippen LogP) is 0.224. The molecule has 0 fully saturated rings. The number of carbonyl (C=O) groups is 1. The van der Waals surface area contributed by atoms with Gasteiger partial charge in [0, 0.05) is 6.20 Å². The molecular weight excluding hydrogens is 230 g/mol. The average molecular weight is 247 g/mol. The molecule has 92 valence electrons. The second-order valence-corrected chi connectivity index (χ2v) is 4.81.